The molecule has 1 aliphatic carbocycles. The summed E-state index contributed by atoms with van der Waals surface area (Å²) in [6, 6.07) is 2.00. The molecule has 0 bridgehead atoms. The van der Waals surface area contributed by atoms with Gasteiger partial charge in [-0.1, -0.05) is 19.3 Å². The lowest BCUT2D eigenvalue weighted by Crippen LogP contribution is -2.37. The van der Waals surface area contributed by atoms with Gasteiger partial charge in [0, 0.05) is 19.7 Å². The zero-order valence-electron chi connectivity index (χ0n) is 11.4. The predicted molar refractivity (Wildman–Crippen MR) is 70.6 cm³/mol. The van der Waals surface area contributed by atoms with Crippen molar-refractivity contribution in [2.75, 3.05) is 4.90 Å². The molecule has 1 saturated carbocycles. The molecule has 0 N–H and O–H groups in total. The average Bonchev–Trinajstić information content (AvgIpc) is 2.90. The number of imide groups is 1. The maximum absolute atomic E-state index is 12.7. The highest BCUT2D eigenvalue weighted by molar-refractivity contribution is 6.22. The summed E-state index contributed by atoms with van der Waals surface area (Å²) in [5.41, 5.74) is -0.276. The van der Waals surface area contributed by atoms with Crippen molar-refractivity contribution in [3.05, 3.63) is 11.8 Å². The Morgan fingerprint density at radius 2 is 2.00 bits per heavy atom. The summed E-state index contributed by atoms with van der Waals surface area (Å²) >= 11 is 0. The minimum atomic E-state index is -0.542. The Balaban J connectivity index is 2.00. The number of carbonyl (C=O) groups is 2. The van der Waals surface area contributed by atoms with Crippen LogP contribution in [0.4, 0.5) is 5.82 Å². The van der Waals surface area contributed by atoms with Crippen LogP contribution in [0.15, 0.2) is 6.20 Å². The highest BCUT2D eigenvalue weighted by Crippen LogP contribution is 2.46. The van der Waals surface area contributed by atoms with Gasteiger partial charge in [-0.15, -0.1) is 0 Å². The van der Waals surface area contributed by atoms with Gasteiger partial charge < -0.3 is 0 Å². The van der Waals surface area contributed by atoms with E-state index in [1.165, 1.54) is 10.9 Å². The molecule has 3 rings (SSSR count). The number of anilines is 1. The van der Waals surface area contributed by atoms with Gasteiger partial charge in [0.05, 0.1) is 5.41 Å². The summed E-state index contributed by atoms with van der Waals surface area (Å²) in [4.78, 5) is 26.1. The molecule has 0 unspecified atom stereocenters. The van der Waals surface area contributed by atoms with E-state index in [1.54, 1.807) is 7.05 Å². The molecule has 0 atom stereocenters. The second kappa shape index (κ2) is 4.44. The first-order chi connectivity index (χ1) is 9.57. The van der Waals surface area contributed by atoms with Crippen LogP contribution in [0.2, 0.25) is 0 Å². The van der Waals surface area contributed by atoms with Crippen molar-refractivity contribution in [3.8, 4) is 6.07 Å². The fourth-order valence-electron chi connectivity index (χ4n) is 3.35. The Labute approximate surface area is 117 Å². The van der Waals surface area contributed by atoms with Gasteiger partial charge in [-0.05, 0) is 12.8 Å². The van der Waals surface area contributed by atoms with E-state index in [1.807, 2.05) is 6.07 Å². The number of hydrogen-bond donors (Lipinski definition) is 0. The highest BCUT2D eigenvalue weighted by Gasteiger charge is 2.53. The second-order valence-electron chi connectivity index (χ2n) is 5.70. The molecule has 1 aliphatic heterocycles. The topological polar surface area (TPSA) is 79.0 Å². The molecule has 1 spiro atoms. The monoisotopic (exact) mass is 272 g/mol. The van der Waals surface area contributed by atoms with Crippen LogP contribution in [0.1, 0.15) is 44.1 Å². The second-order valence-corrected chi connectivity index (χ2v) is 5.70. The Morgan fingerprint density at radius 3 is 2.65 bits per heavy atom. The minimum Gasteiger partial charge on any atom is -0.274 e. The van der Waals surface area contributed by atoms with E-state index in [9.17, 15) is 9.59 Å². The SMILES string of the molecule is Cn1cc(C#N)c(N2C(=O)CC3(CCCCC3)C2=O)n1. The first-order valence-electron chi connectivity index (χ1n) is 6.88. The standard InChI is InChI=1S/C14H16N4O2/c1-17-9-10(8-15)12(16-17)18-11(19)7-14(13(18)20)5-3-2-4-6-14/h9H,2-7H2,1H3. The van der Waals surface area contributed by atoms with Crippen LogP contribution in [0, 0.1) is 16.7 Å². The fourth-order valence-corrected chi connectivity index (χ4v) is 3.35. The Kier molecular flexibility index (Phi) is 2.85. The van der Waals surface area contributed by atoms with Crippen molar-refractivity contribution in [2.24, 2.45) is 12.5 Å². The molecule has 6 nitrogen and oxygen atoms in total. The van der Waals surface area contributed by atoms with Crippen LogP contribution >= 0.6 is 0 Å². The molecule has 2 amide bonds. The number of amides is 2. The van der Waals surface area contributed by atoms with Crippen molar-refractivity contribution in [1.29, 1.82) is 5.26 Å². The lowest BCUT2D eigenvalue weighted by atomic mass is 9.73. The van der Waals surface area contributed by atoms with Crippen LogP contribution in [-0.2, 0) is 16.6 Å². The van der Waals surface area contributed by atoms with E-state index in [2.05, 4.69) is 5.10 Å². The van der Waals surface area contributed by atoms with Crippen LogP contribution in [0.5, 0.6) is 0 Å². The van der Waals surface area contributed by atoms with E-state index in [4.69, 9.17) is 5.26 Å². The summed E-state index contributed by atoms with van der Waals surface area (Å²) in [6.45, 7) is 0. The molecular formula is C14H16N4O2. The fraction of sp³-hybridized carbons (Fsp3) is 0.571. The zero-order valence-corrected chi connectivity index (χ0v) is 11.4. The van der Waals surface area contributed by atoms with E-state index in [0.29, 0.717) is 0 Å². The third-order valence-electron chi connectivity index (χ3n) is 4.35. The Bertz CT molecular complexity index is 620. The van der Waals surface area contributed by atoms with Gasteiger partial charge in [-0.2, -0.15) is 10.4 Å². The molecule has 104 valence electrons. The minimum absolute atomic E-state index is 0.169. The van der Waals surface area contributed by atoms with Crippen molar-refractivity contribution in [1.82, 2.24) is 9.78 Å². The van der Waals surface area contributed by atoms with Crippen molar-refractivity contribution in [3.63, 3.8) is 0 Å². The zero-order chi connectivity index (χ0) is 14.3. The van der Waals surface area contributed by atoms with Gasteiger partial charge in [-0.25, -0.2) is 4.90 Å². The molecule has 6 heteroatoms. The predicted octanol–water partition coefficient (Wildman–Crippen LogP) is 1.51. The number of rotatable bonds is 1. The Morgan fingerprint density at radius 1 is 1.30 bits per heavy atom. The highest BCUT2D eigenvalue weighted by atomic mass is 16.2. The maximum Gasteiger partial charge on any atom is 0.241 e. The Hall–Kier alpha value is -2.16. The number of aromatic nitrogens is 2. The first kappa shape index (κ1) is 12.9. The lowest BCUT2D eigenvalue weighted by molar-refractivity contribution is -0.127. The van der Waals surface area contributed by atoms with Gasteiger partial charge in [0.25, 0.3) is 0 Å². The molecule has 1 saturated heterocycles. The maximum atomic E-state index is 12.7. The van der Waals surface area contributed by atoms with Crippen LogP contribution in [0.3, 0.4) is 0 Å². The summed E-state index contributed by atoms with van der Waals surface area (Å²) in [5.74, 6) is -0.211. The van der Waals surface area contributed by atoms with Gasteiger partial charge in [0.2, 0.25) is 11.8 Å². The third kappa shape index (κ3) is 1.73. The molecule has 1 aromatic rings. The van der Waals surface area contributed by atoms with Crippen molar-refractivity contribution >= 4 is 17.6 Å². The van der Waals surface area contributed by atoms with Gasteiger partial charge in [0.1, 0.15) is 11.6 Å². The average molecular weight is 272 g/mol. The largest absolute Gasteiger partial charge is 0.274 e. The number of hydrogen-bond acceptors (Lipinski definition) is 4. The van der Waals surface area contributed by atoms with E-state index < -0.39 is 5.41 Å². The summed E-state index contributed by atoms with van der Waals surface area (Å²) in [7, 11) is 1.67. The van der Waals surface area contributed by atoms with Gasteiger partial charge >= 0.3 is 0 Å². The molecule has 2 fully saturated rings. The smallest absolute Gasteiger partial charge is 0.241 e. The van der Waals surface area contributed by atoms with E-state index in [0.717, 1.165) is 37.0 Å². The quantitative estimate of drug-likeness (QED) is 0.726. The van der Waals surface area contributed by atoms with Crippen LogP contribution in [0.25, 0.3) is 0 Å². The van der Waals surface area contributed by atoms with Crippen molar-refractivity contribution in [2.45, 2.75) is 38.5 Å². The lowest BCUT2D eigenvalue weighted by Gasteiger charge is -2.30. The molecule has 20 heavy (non-hydrogen) atoms. The van der Waals surface area contributed by atoms with Crippen molar-refractivity contribution < 1.29 is 9.59 Å². The molecule has 0 radical (unpaired) electrons. The molecule has 1 aromatic heterocycles. The molecule has 2 aliphatic rings. The molecule has 2 heterocycles. The van der Waals surface area contributed by atoms with E-state index in [-0.39, 0.29) is 29.6 Å². The number of carbonyl (C=O) groups excluding carboxylic acids is 2. The van der Waals surface area contributed by atoms with Crippen LogP contribution < -0.4 is 4.90 Å². The molecular weight excluding hydrogens is 256 g/mol. The summed E-state index contributed by atoms with van der Waals surface area (Å²) in [5, 5.41) is 13.2. The van der Waals surface area contributed by atoms with Crippen LogP contribution in [-0.4, -0.2) is 21.6 Å². The van der Waals surface area contributed by atoms with Gasteiger partial charge in [0.15, 0.2) is 5.82 Å². The van der Waals surface area contributed by atoms with E-state index >= 15 is 0 Å². The third-order valence-corrected chi connectivity index (χ3v) is 4.35. The normalized spacial score (nSPS) is 21.5. The summed E-state index contributed by atoms with van der Waals surface area (Å²) in [6.07, 6.45) is 6.41. The molecule has 0 aromatic carbocycles. The number of aryl methyl sites for hydroxylation is 1. The number of nitrogens with zero attached hydrogens (tertiary/aromatic N) is 4. The summed E-state index contributed by atoms with van der Waals surface area (Å²) < 4.78 is 1.46. The number of nitriles is 1. The van der Waals surface area contributed by atoms with Gasteiger partial charge in [-0.3, -0.25) is 14.3 Å². The first-order valence-corrected chi connectivity index (χ1v) is 6.88.